The molecular formula is C16H19ClFN3. The van der Waals surface area contributed by atoms with Crippen molar-refractivity contribution in [1.82, 2.24) is 9.97 Å². The Kier molecular flexibility index (Phi) is 5.12. The highest BCUT2D eigenvalue weighted by Crippen LogP contribution is 2.20. The van der Waals surface area contributed by atoms with Crippen molar-refractivity contribution in [2.45, 2.75) is 33.6 Å². The maximum atomic E-state index is 13.1. The van der Waals surface area contributed by atoms with Crippen LogP contribution in [0.5, 0.6) is 0 Å². The molecule has 0 aliphatic carbocycles. The van der Waals surface area contributed by atoms with E-state index in [2.05, 4.69) is 15.3 Å². The van der Waals surface area contributed by atoms with Crippen molar-refractivity contribution in [2.75, 3.05) is 11.9 Å². The molecule has 2 aromatic rings. The second-order valence-electron chi connectivity index (χ2n) is 5.01. The van der Waals surface area contributed by atoms with Gasteiger partial charge in [0.2, 0.25) is 0 Å². The molecule has 112 valence electrons. The molecule has 0 unspecified atom stereocenters. The number of benzene rings is 1. The van der Waals surface area contributed by atoms with Gasteiger partial charge in [-0.3, -0.25) is 0 Å². The van der Waals surface area contributed by atoms with Gasteiger partial charge >= 0.3 is 0 Å². The van der Waals surface area contributed by atoms with E-state index < -0.39 is 0 Å². The van der Waals surface area contributed by atoms with Crippen LogP contribution in [-0.4, -0.2) is 16.5 Å². The third kappa shape index (κ3) is 3.91. The van der Waals surface area contributed by atoms with E-state index >= 15 is 0 Å². The summed E-state index contributed by atoms with van der Waals surface area (Å²) in [5.74, 6) is 1.30. The molecule has 0 bridgehead atoms. The molecule has 0 atom stereocenters. The molecule has 5 heteroatoms. The summed E-state index contributed by atoms with van der Waals surface area (Å²) in [5.41, 5.74) is 2.94. The summed E-state index contributed by atoms with van der Waals surface area (Å²) in [6, 6.07) is 4.87. The lowest BCUT2D eigenvalue weighted by molar-refractivity contribution is 0.625. The van der Waals surface area contributed by atoms with Gasteiger partial charge in [-0.15, -0.1) is 0 Å². The van der Waals surface area contributed by atoms with Crippen molar-refractivity contribution in [3.8, 4) is 0 Å². The molecular weight excluding hydrogens is 289 g/mol. The molecule has 21 heavy (non-hydrogen) atoms. The Morgan fingerprint density at radius 2 is 2.00 bits per heavy atom. The third-order valence-electron chi connectivity index (χ3n) is 3.44. The van der Waals surface area contributed by atoms with E-state index in [0.717, 1.165) is 41.2 Å². The van der Waals surface area contributed by atoms with Crippen molar-refractivity contribution in [3.63, 3.8) is 0 Å². The van der Waals surface area contributed by atoms with Crippen LogP contribution in [0.1, 0.15) is 29.4 Å². The number of nitrogens with one attached hydrogen (secondary N) is 1. The van der Waals surface area contributed by atoms with Crippen molar-refractivity contribution in [3.05, 3.63) is 51.7 Å². The fourth-order valence-corrected chi connectivity index (χ4v) is 2.31. The molecule has 0 saturated carbocycles. The van der Waals surface area contributed by atoms with Gasteiger partial charge in [0, 0.05) is 18.5 Å². The van der Waals surface area contributed by atoms with Crippen molar-refractivity contribution < 1.29 is 4.39 Å². The predicted molar refractivity (Wildman–Crippen MR) is 84.5 cm³/mol. The maximum absolute atomic E-state index is 13.1. The van der Waals surface area contributed by atoms with Crippen LogP contribution < -0.4 is 5.32 Å². The fourth-order valence-electron chi connectivity index (χ4n) is 2.12. The smallest absolute Gasteiger partial charge is 0.137 e. The van der Waals surface area contributed by atoms with Crippen LogP contribution in [0.15, 0.2) is 18.2 Å². The SMILES string of the molecule is CCc1nc(Cl)c(C)c(NCCc2ccc(F)cc2C)n1. The van der Waals surface area contributed by atoms with Gasteiger partial charge in [0.15, 0.2) is 0 Å². The van der Waals surface area contributed by atoms with Crippen LogP contribution in [0.2, 0.25) is 5.15 Å². The van der Waals surface area contributed by atoms with Crippen molar-refractivity contribution in [2.24, 2.45) is 0 Å². The van der Waals surface area contributed by atoms with Gasteiger partial charge in [0.05, 0.1) is 0 Å². The Morgan fingerprint density at radius 3 is 2.67 bits per heavy atom. The number of nitrogens with zero attached hydrogens (tertiary/aromatic N) is 2. The van der Waals surface area contributed by atoms with Gasteiger partial charge in [-0.25, -0.2) is 14.4 Å². The highest BCUT2D eigenvalue weighted by atomic mass is 35.5. The van der Waals surface area contributed by atoms with E-state index in [1.807, 2.05) is 26.8 Å². The summed E-state index contributed by atoms with van der Waals surface area (Å²) in [6.07, 6.45) is 1.54. The van der Waals surface area contributed by atoms with E-state index in [-0.39, 0.29) is 5.82 Å². The van der Waals surface area contributed by atoms with Gasteiger partial charge in [-0.05, 0) is 43.5 Å². The molecule has 0 fully saturated rings. The van der Waals surface area contributed by atoms with E-state index in [1.54, 1.807) is 6.07 Å². The van der Waals surface area contributed by atoms with Gasteiger partial charge in [0.1, 0.15) is 22.6 Å². The number of anilines is 1. The Morgan fingerprint density at radius 1 is 1.24 bits per heavy atom. The lowest BCUT2D eigenvalue weighted by atomic mass is 10.1. The number of hydrogen-bond donors (Lipinski definition) is 1. The van der Waals surface area contributed by atoms with Gasteiger partial charge in [-0.1, -0.05) is 24.6 Å². The van der Waals surface area contributed by atoms with Crippen LogP contribution in [0.3, 0.4) is 0 Å². The Labute approximate surface area is 129 Å². The van der Waals surface area contributed by atoms with E-state index in [1.165, 1.54) is 6.07 Å². The molecule has 1 aromatic heterocycles. The van der Waals surface area contributed by atoms with Crippen LogP contribution in [0, 0.1) is 19.7 Å². The molecule has 1 heterocycles. The average molecular weight is 308 g/mol. The first-order valence-corrected chi connectivity index (χ1v) is 7.41. The quantitative estimate of drug-likeness (QED) is 0.845. The van der Waals surface area contributed by atoms with Gasteiger partial charge < -0.3 is 5.32 Å². The van der Waals surface area contributed by atoms with E-state index in [0.29, 0.717) is 11.7 Å². The summed E-state index contributed by atoms with van der Waals surface area (Å²) in [4.78, 5) is 8.67. The first-order chi connectivity index (χ1) is 10.0. The van der Waals surface area contributed by atoms with Crippen LogP contribution in [0.25, 0.3) is 0 Å². The first-order valence-electron chi connectivity index (χ1n) is 7.03. The second-order valence-corrected chi connectivity index (χ2v) is 5.36. The highest BCUT2D eigenvalue weighted by molar-refractivity contribution is 6.30. The summed E-state index contributed by atoms with van der Waals surface area (Å²) in [5, 5.41) is 3.78. The standard InChI is InChI=1S/C16H19ClFN3/c1-4-14-20-15(17)11(3)16(21-14)19-8-7-12-5-6-13(18)9-10(12)2/h5-6,9H,4,7-8H2,1-3H3,(H,19,20,21). The molecule has 0 radical (unpaired) electrons. The van der Waals surface area contributed by atoms with Gasteiger partial charge in [0.25, 0.3) is 0 Å². The lowest BCUT2D eigenvalue weighted by Gasteiger charge is -2.12. The molecule has 0 amide bonds. The Hall–Kier alpha value is -1.68. The maximum Gasteiger partial charge on any atom is 0.137 e. The van der Waals surface area contributed by atoms with Crippen molar-refractivity contribution >= 4 is 17.4 Å². The minimum atomic E-state index is -0.199. The molecule has 1 N–H and O–H groups in total. The van der Waals surface area contributed by atoms with Crippen LogP contribution in [-0.2, 0) is 12.8 Å². The molecule has 0 aliphatic heterocycles. The average Bonchev–Trinajstić information content (AvgIpc) is 2.45. The number of halogens is 2. The van der Waals surface area contributed by atoms with E-state index in [4.69, 9.17) is 11.6 Å². The predicted octanol–water partition coefficient (Wildman–Crippen LogP) is 4.10. The summed E-state index contributed by atoms with van der Waals surface area (Å²) < 4.78 is 13.1. The normalized spacial score (nSPS) is 10.7. The number of aromatic nitrogens is 2. The first kappa shape index (κ1) is 15.7. The van der Waals surface area contributed by atoms with E-state index in [9.17, 15) is 4.39 Å². The number of hydrogen-bond acceptors (Lipinski definition) is 3. The second kappa shape index (κ2) is 6.85. The highest BCUT2D eigenvalue weighted by Gasteiger charge is 2.08. The van der Waals surface area contributed by atoms with Crippen LogP contribution in [0.4, 0.5) is 10.2 Å². The summed E-state index contributed by atoms with van der Waals surface area (Å²) >= 11 is 6.10. The van der Waals surface area contributed by atoms with Gasteiger partial charge in [-0.2, -0.15) is 0 Å². The van der Waals surface area contributed by atoms with Crippen molar-refractivity contribution in [1.29, 1.82) is 0 Å². The zero-order valence-corrected chi connectivity index (χ0v) is 13.3. The number of aryl methyl sites for hydroxylation is 2. The number of rotatable bonds is 5. The Balaban J connectivity index is 2.05. The monoisotopic (exact) mass is 307 g/mol. The topological polar surface area (TPSA) is 37.8 Å². The zero-order chi connectivity index (χ0) is 15.4. The van der Waals surface area contributed by atoms with Crippen LogP contribution >= 0.6 is 11.6 Å². The molecule has 0 saturated heterocycles. The molecule has 3 nitrogen and oxygen atoms in total. The molecule has 0 aliphatic rings. The minimum Gasteiger partial charge on any atom is -0.369 e. The molecule has 0 spiro atoms. The Bertz CT molecular complexity index is 644. The molecule has 1 aromatic carbocycles. The zero-order valence-electron chi connectivity index (χ0n) is 12.5. The fraction of sp³-hybridized carbons (Fsp3) is 0.375. The largest absolute Gasteiger partial charge is 0.369 e. The molecule has 2 rings (SSSR count). The lowest BCUT2D eigenvalue weighted by Crippen LogP contribution is -2.10. The third-order valence-corrected chi connectivity index (χ3v) is 3.81. The minimum absolute atomic E-state index is 0.199. The summed E-state index contributed by atoms with van der Waals surface area (Å²) in [7, 11) is 0. The summed E-state index contributed by atoms with van der Waals surface area (Å²) in [6.45, 7) is 6.52.